The first-order chi connectivity index (χ1) is 7.70. The van der Waals surface area contributed by atoms with Crippen LogP contribution in [0.3, 0.4) is 0 Å². The van der Waals surface area contributed by atoms with E-state index in [1.54, 1.807) is 19.9 Å². The van der Waals surface area contributed by atoms with Crippen LogP contribution in [0.5, 0.6) is 0 Å². The largest absolute Gasteiger partial charge is 0.389 e. The fourth-order valence-electron chi connectivity index (χ4n) is 1.79. The van der Waals surface area contributed by atoms with Gasteiger partial charge in [-0.1, -0.05) is 6.07 Å². The average molecular weight is 250 g/mol. The lowest BCUT2D eigenvalue weighted by molar-refractivity contribution is -0.140. The summed E-state index contributed by atoms with van der Waals surface area (Å²) in [5.74, 6) is -0.655. The summed E-state index contributed by atoms with van der Waals surface area (Å²) in [6, 6.07) is 2.84. The second-order valence-electron chi connectivity index (χ2n) is 4.15. The van der Waals surface area contributed by atoms with Gasteiger partial charge in [-0.05, 0) is 37.5 Å². The highest BCUT2D eigenvalue weighted by molar-refractivity contribution is 5.33. The predicted molar refractivity (Wildman–Crippen MR) is 56.1 cm³/mol. The van der Waals surface area contributed by atoms with Crippen LogP contribution in [0.4, 0.5) is 17.6 Å². The molecule has 0 aliphatic rings. The minimum atomic E-state index is -4.34. The molecule has 1 atom stereocenters. The molecule has 17 heavy (non-hydrogen) atoms. The second-order valence-corrected chi connectivity index (χ2v) is 4.15. The van der Waals surface area contributed by atoms with Crippen LogP contribution in [0.2, 0.25) is 0 Å². The predicted octanol–water partition coefficient (Wildman–Crippen LogP) is 3.82. The van der Waals surface area contributed by atoms with Gasteiger partial charge in [0.15, 0.2) is 0 Å². The van der Waals surface area contributed by atoms with Gasteiger partial charge in [0.2, 0.25) is 0 Å². The van der Waals surface area contributed by atoms with Gasteiger partial charge in [0.1, 0.15) is 5.82 Å². The highest BCUT2D eigenvalue weighted by atomic mass is 19.4. The van der Waals surface area contributed by atoms with Crippen molar-refractivity contribution < 1.29 is 22.7 Å². The lowest BCUT2D eigenvalue weighted by Crippen LogP contribution is -2.11. The zero-order valence-corrected chi connectivity index (χ0v) is 9.61. The average Bonchev–Trinajstić information content (AvgIpc) is 2.11. The Balaban J connectivity index is 2.86. The van der Waals surface area contributed by atoms with Crippen LogP contribution in [0.15, 0.2) is 12.1 Å². The molecule has 0 aliphatic heterocycles. The van der Waals surface area contributed by atoms with Crippen molar-refractivity contribution in [2.24, 2.45) is 0 Å². The number of aryl methyl sites for hydroxylation is 2. The summed E-state index contributed by atoms with van der Waals surface area (Å²) in [4.78, 5) is 0. The topological polar surface area (TPSA) is 20.2 Å². The molecule has 1 aromatic rings. The first-order valence-electron chi connectivity index (χ1n) is 5.22. The van der Waals surface area contributed by atoms with E-state index in [0.717, 1.165) is 0 Å². The van der Waals surface area contributed by atoms with Gasteiger partial charge < -0.3 is 5.11 Å². The molecule has 0 radical (unpaired) electrons. The number of hydrogen-bond acceptors (Lipinski definition) is 1. The number of aliphatic hydroxyl groups is 1. The van der Waals surface area contributed by atoms with Gasteiger partial charge in [0.05, 0.1) is 6.10 Å². The Labute approximate surface area is 97.1 Å². The van der Waals surface area contributed by atoms with Crippen molar-refractivity contribution in [1.29, 1.82) is 0 Å². The zero-order valence-electron chi connectivity index (χ0n) is 9.61. The smallest absolute Gasteiger partial charge is 0.388 e. The quantitative estimate of drug-likeness (QED) is 0.808. The molecule has 0 amide bonds. The molecule has 0 saturated carbocycles. The standard InChI is InChI=1S/C12H14F4O/c1-7-5-8(2)11(9(13)6-7)10(17)3-4-12(14,15)16/h5-6,10,17H,3-4H2,1-2H3. The van der Waals surface area contributed by atoms with E-state index in [0.29, 0.717) is 11.1 Å². The van der Waals surface area contributed by atoms with E-state index >= 15 is 0 Å². The fourth-order valence-corrected chi connectivity index (χ4v) is 1.79. The van der Waals surface area contributed by atoms with Crippen LogP contribution in [0, 0.1) is 19.7 Å². The first-order valence-corrected chi connectivity index (χ1v) is 5.22. The van der Waals surface area contributed by atoms with E-state index in [-0.39, 0.29) is 5.56 Å². The van der Waals surface area contributed by atoms with E-state index in [1.807, 2.05) is 0 Å². The number of benzene rings is 1. The molecule has 0 bridgehead atoms. The third-order valence-electron chi connectivity index (χ3n) is 2.52. The normalized spacial score (nSPS) is 13.8. The Hall–Kier alpha value is -1.10. The van der Waals surface area contributed by atoms with Crippen LogP contribution < -0.4 is 0 Å². The number of aliphatic hydroxyl groups excluding tert-OH is 1. The van der Waals surface area contributed by atoms with E-state index in [9.17, 15) is 22.7 Å². The Morgan fingerprint density at radius 2 is 1.82 bits per heavy atom. The lowest BCUT2D eigenvalue weighted by atomic mass is 9.97. The summed E-state index contributed by atoms with van der Waals surface area (Å²) < 4.78 is 49.5. The summed E-state index contributed by atoms with van der Waals surface area (Å²) >= 11 is 0. The number of hydrogen-bond donors (Lipinski definition) is 1. The maximum atomic E-state index is 13.5. The fraction of sp³-hybridized carbons (Fsp3) is 0.500. The summed E-state index contributed by atoms with van der Waals surface area (Å²) in [6.45, 7) is 3.25. The van der Waals surface area contributed by atoms with Crippen LogP contribution in [0.1, 0.15) is 35.6 Å². The third-order valence-corrected chi connectivity index (χ3v) is 2.52. The monoisotopic (exact) mass is 250 g/mol. The first kappa shape index (κ1) is 14.0. The van der Waals surface area contributed by atoms with Crippen molar-refractivity contribution >= 4 is 0 Å². The Kier molecular flexibility index (Phi) is 4.14. The highest BCUT2D eigenvalue weighted by Gasteiger charge is 2.29. The molecule has 0 fully saturated rings. The van der Waals surface area contributed by atoms with Gasteiger partial charge in [-0.25, -0.2) is 4.39 Å². The molecular formula is C12H14F4O. The second kappa shape index (κ2) is 5.04. The summed E-state index contributed by atoms with van der Waals surface area (Å²) in [7, 11) is 0. The van der Waals surface area contributed by atoms with Crippen LogP contribution >= 0.6 is 0 Å². The molecule has 5 heteroatoms. The molecule has 0 aliphatic carbocycles. The maximum Gasteiger partial charge on any atom is 0.389 e. The SMILES string of the molecule is Cc1cc(C)c(C(O)CCC(F)(F)F)c(F)c1. The summed E-state index contributed by atoms with van der Waals surface area (Å²) in [6.07, 6.45) is -7.40. The third kappa shape index (κ3) is 4.00. The molecule has 96 valence electrons. The van der Waals surface area contributed by atoms with Gasteiger partial charge in [-0.3, -0.25) is 0 Å². The molecule has 0 saturated heterocycles. The van der Waals surface area contributed by atoms with Crippen LogP contribution in [0.25, 0.3) is 0 Å². The van der Waals surface area contributed by atoms with Crippen molar-refractivity contribution in [2.75, 3.05) is 0 Å². The molecule has 0 heterocycles. The van der Waals surface area contributed by atoms with Gasteiger partial charge in [-0.2, -0.15) is 13.2 Å². The molecule has 1 unspecified atom stereocenters. The molecule has 0 aromatic heterocycles. The highest BCUT2D eigenvalue weighted by Crippen LogP contribution is 2.30. The van der Waals surface area contributed by atoms with Crippen molar-refractivity contribution in [3.8, 4) is 0 Å². The van der Waals surface area contributed by atoms with E-state index in [1.165, 1.54) is 6.07 Å². The number of halogens is 4. The lowest BCUT2D eigenvalue weighted by Gasteiger charge is -2.16. The van der Waals surface area contributed by atoms with Gasteiger partial charge >= 0.3 is 6.18 Å². The molecule has 1 aromatic carbocycles. The Morgan fingerprint density at radius 1 is 1.24 bits per heavy atom. The van der Waals surface area contributed by atoms with Crippen molar-refractivity contribution in [3.05, 3.63) is 34.6 Å². The summed E-state index contributed by atoms with van der Waals surface area (Å²) in [5, 5.41) is 9.60. The number of rotatable bonds is 3. The van der Waals surface area contributed by atoms with E-state index in [2.05, 4.69) is 0 Å². The minimum absolute atomic E-state index is 0.0418. The zero-order chi connectivity index (χ0) is 13.2. The van der Waals surface area contributed by atoms with Gasteiger partial charge in [0.25, 0.3) is 0 Å². The van der Waals surface area contributed by atoms with Crippen LogP contribution in [-0.2, 0) is 0 Å². The molecule has 1 N–H and O–H groups in total. The minimum Gasteiger partial charge on any atom is -0.388 e. The Bertz CT molecular complexity index is 375. The maximum absolute atomic E-state index is 13.5. The van der Waals surface area contributed by atoms with Crippen molar-refractivity contribution in [2.45, 2.75) is 39.0 Å². The molecule has 1 rings (SSSR count). The van der Waals surface area contributed by atoms with Crippen molar-refractivity contribution in [1.82, 2.24) is 0 Å². The Morgan fingerprint density at radius 3 is 2.29 bits per heavy atom. The summed E-state index contributed by atoms with van der Waals surface area (Å²) in [5.41, 5.74) is 1.10. The van der Waals surface area contributed by atoms with Gasteiger partial charge in [-0.15, -0.1) is 0 Å². The number of alkyl halides is 3. The van der Waals surface area contributed by atoms with Crippen molar-refractivity contribution in [3.63, 3.8) is 0 Å². The van der Waals surface area contributed by atoms with Crippen LogP contribution in [-0.4, -0.2) is 11.3 Å². The molecule has 1 nitrogen and oxygen atoms in total. The molecule has 0 spiro atoms. The van der Waals surface area contributed by atoms with E-state index < -0.39 is 30.9 Å². The molecular weight excluding hydrogens is 236 g/mol. The van der Waals surface area contributed by atoms with E-state index in [4.69, 9.17) is 0 Å². The van der Waals surface area contributed by atoms with Gasteiger partial charge in [0, 0.05) is 12.0 Å².